The SMILES string of the molecule is COc1cc(Br)c(NC(=O)NCc2cccs2)cc1OC. The summed E-state index contributed by atoms with van der Waals surface area (Å²) in [6, 6.07) is 7.08. The fourth-order valence-corrected chi connectivity index (χ4v) is 2.76. The lowest BCUT2D eigenvalue weighted by atomic mass is 10.2. The van der Waals surface area contributed by atoms with Crippen LogP contribution in [0, 0.1) is 0 Å². The number of anilines is 1. The number of ether oxygens (including phenoxy) is 2. The first-order valence-electron chi connectivity index (χ1n) is 6.12. The first-order chi connectivity index (χ1) is 10.1. The Morgan fingerprint density at radius 2 is 2.00 bits per heavy atom. The lowest BCUT2D eigenvalue weighted by Crippen LogP contribution is -2.28. The smallest absolute Gasteiger partial charge is 0.319 e. The summed E-state index contributed by atoms with van der Waals surface area (Å²) in [6.07, 6.45) is 0. The van der Waals surface area contributed by atoms with Crippen molar-refractivity contribution in [3.05, 3.63) is 39.0 Å². The quantitative estimate of drug-likeness (QED) is 0.840. The van der Waals surface area contributed by atoms with Crippen LogP contribution in [-0.4, -0.2) is 20.3 Å². The number of carbonyl (C=O) groups excluding carboxylic acids is 1. The molecule has 1 aromatic heterocycles. The molecule has 7 heteroatoms. The highest BCUT2D eigenvalue weighted by molar-refractivity contribution is 9.10. The van der Waals surface area contributed by atoms with Gasteiger partial charge in [0.2, 0.25) is 0 Å². The summed E-state index contributed by atoms with van der Waals surface area (Å²) >= 11 is 4.99. The molecule has 112 valence electrons. The van der Waals surface area contributed by atoms with Gasteiger partial charge in [0.05, 0.1) is 26.5 Å². The van der Waals surface area contributed by atoms with Crippen LogP contribution in [0.15, 0.2) is 34.1 Å². The highest BCUT2D eigenvalue weighted by Crippen LogP contribution is 2.36. The standard InChI is InChI=1S/C14H15BrN2O3S/c1-19-12-6-10(15)11(7-13(12)20-2)17-14(18)16-8-9-4-3-5-21-9/h3-7H,8H2,1-2H3,(H2,16,17,18). The van der Waals surface area contributed by atoms with E-state index in [0.29, 0.717) is 28.2 Å². The van der Waals surface area contributed by atoms with Crippen LogP contribution < -0.4 is 20.1 Å². The first-order valence-corrected chi connectivity index (χ1v) is 7.80. The van der Waals surface area contributed by atoms with Gasteiger partial charge < -0.3 is 20.1 Å². The second-order valence-corrected chi connectivity index (χ2v) is 5.96. The molecule has 0 bridgehead atoms. The Morgan fingerprint density at radius 3 is 2.62 bits per heavy atom. The summed E-state index contributed by atoms with van der Waals surface area (Å²) in [7, 11) is 3.11. The average Bonchev–Trinajstić information content (AvgIpc) is 3.00. The van der Waals surface area contributed by atoms with Crippen molar-refractivity contribution in [3.63, 3.8) is 0 Å². The van der Waals surface area contributed by atoms with Crippen molar-refractivity contribution in [1.29, 1.82) is 0 Å². The molecule has 2 N–H and O–H groups in total. The molecule has 0 unspecified atom stereocenters. The molecule has 1 heterocycles. The van der Waals surface area contributed by atoms with E-state index < -0.39 is 0 Å². The lowest BCUT2D eigenvalue weighted by Gasteiger charge is -2.13. The van der Waals surface area contributed by atoms with E-state index in [2.05, 4.69) is 26.6 Å². The summed E-state index contributed by atoms with van der Waals surface area (Å²) in [5.74, 6) is 1.14. The van der Waals surface area contributed by atoms with Crippen LogP contribution in [0.1, 0.15) is 4.88 Å². The van der Waals surface area contributed by atoms with E-state index >= 15 is 0 Å². The van der Waals surface area contributed by atoms with E-state index in [9.17, 15) is 4.79 Å². The number of halogens is 1. The Kier molecular flexibility index (Phi) is 5.46. The van der Waals surface area contributed by atoms with Gasteiger partial charge in [0.1, 0.15) is 0 Å². The fraction of sp³-hybridized carbons (Fsp3) is 0.214. The molecule has 0 saturated heterocycles. The summed E-state index contributed by atoms with van der Waals surface area (Å²) in [6.45, 7) is 0.494. The average molecular weight is 371 g/mol. The third-order valence-corrected chi connectivity index (χ3v) is 4.26. The van der Waals surface area contributed by atoms with Crippen molar-refractivity contribution in [2.75, 3.05) is 19.5 Å². The fourth-order valence-electron chi connectivity index (χ4n) is 1.70. The normalized spacial score (nSPS) is 10.0. The Morgan fingerprint density at radius 1 is 1.29 bits per heavy atom. The number of carbonyl (C=O) groups is 1. The molecule has 2 rings (SSSR count). The minimum atomic E-state index is -0.281. The molecule has 0 aliphatic heterocycles. The number of thiophene rings is 1. The third kappa shape index (κ3) is 4.12. The molecule has 0 aliphatic rings. The van der Waals surface area contributed by atoms with Gasteiger partial charge in [0.25, 0.3) is 0 Å². The second-order valence-electron chi connectivity index (χ2n) is 4.07. The van der Waals surface area contributed by atoms with E-state index in [1.807, 2.05) is 17.5 Å². The number of amides is 2. The molecular formula is C14H15BrN2O3S. The number of hydrogen-bond acceptors (Lipinski definition) is 4. The Balaban J connectivity index is 2.03. The van der Waals surface area contributed by atoms with Crippen LogP contribution in [0.2, 0.25) is 0 Å². The molecule has 2 amide bonds. The largest absolute Gasteiger partial charge is 0.493 e. The van der Waals surface area contributed by atoms with Crippen LogP contribution in [0.3, 0.4) is 0 Å². The Bertz CT molecular complexity index is 617. The predicted octanol–water partition coefficient (Wildman–Crippen LogP) is 3.85. The maximum atomic E-state index is 11.9. The monoisotopic (exact) mass is 370 g/mol. The molecule has 0 radical (unpaired) electrons. The first kappa shape index (κ1) is 15.7. The van der Waals surface area contributed by atoms with Gasteiger partial charge in [-0.2, -0.15) is 0 Å². The molecule has 0 saturated carbocycles. The van der Waals surface area contributed by atoms with Gasteiger partial charge >= 0.3 is 6.03 Å². The highest BCUT2D eigenvalue weighted by atomic mass is 79.9. The number of benzene rings is 1. The molecule has 5 nitrogen and oxygen atoms in total. The van der Waals surface area contributed by atoms with Gasteiger partial charge in [-0.1, -0.05) is 6.07 Å². The number of hydrogen-bond donors (Lipinski definition) is 2. The van der Waals surface area contributed by atoms with Crippen LogP contribution in [-0.2, 0) is 6.54 Å². The van der Waals surface area contributed by atoms with E-state index in [4.69, 9.17) is 9.47 Å². The van der Waals surface area contributed by atoms with Crippen LogP contribution in [0.5, 0.6) is 11.5 Å². The topological polar surface area (TPSA) is 59.6 Å². The zero-order chi connectivity index (χ0) is 15.2. The Hall–Kier alpha value is -1.73. The summed E-state index contributed by atoms with van der Waals surface area (Å²) in [4.78, 5) is 13.0. The molecule has 0 spiro atoms. The van der Waals surface area contributed by atoms with E-state index in [0.717, 1.165) is 4.88 Å². The van der Waals surface area contributed by atoms with Crippen molar-refractivity contribution in [2.24, 2.45) is 0 Å². The molecule has 1 aromatic carbocycles. The molecule has 0 fully saturated rings. The molecule has 21 heavy (non-hydrogen) atoms. The summed E-state index contributed by atoms with van der Waals surface area (Å²) in [5.41, 5.74) is 0.608. The molecular weight excluding hydrogens is 356 g/mol. The van der Waals surface area contributed by atoms with Crippen molar-refractivity contribution in [2.45, 2.75) is 6.54 Å². The zero-order valence-electron chi connectivity index (χ0n) is 11.6. The number of nitrogens with one attached hydrogen (secondary N) is 2. The number of urea groups is 1. The molecule has 2 aromatic rings. The van der Waals surface area contributed by atoms with Gasteiger partial charge in [-0.05, 0) is 27.4 Å². The summed E-state index contributed by atoms with van der Waals surface area (Å²) < 4.78 is 11.1. The molecule has 0 atom stereocenters. The van der Waals surface area contributed by atoms with Crippen molar-refractivity contribution < 1.29 is 14.3 Å². The second kappa shape index (κ2) is 7.33. The summed E-state index contributed by atoms with van der Waals surface area (Å²) in [5, 5.41) is 7.54. The predicted molar refractivity (Wildman–Crippen MR) is 87.4 cm³/mol. The van der Waals surface area contributed by atoms with E-state index in [1.54, 1.807) is 37.7 Å². The van der Waals surface area contributed by atoms with E-state index in [1.165, 1.54) is 0 Å². The minimum Gasteiger partial charge on any atom is -0.493 e. The van der Waals surface area contributed by atoms with Gasteiger partial charge in [-0.15, -0.1) is 11.3 Å². The van der Waals surface area contributed by atoms with Crippen molar-refractivity contribution in [1.82, 2.24) is 5.32 Å². The van der Waals surface area contributed by atoms with Gasteiger partial charge in [-0.3, -0.25) is 0 Å². The van der Waals surface area contributed by atoms with Crippen molar-refractivity contribution >= 4 is 39.0 Å². The maximum Gasteiger partial charge on any atom is 0.319 e. The van der Waals surface area contributed by atoms with Gasteiger partial charge in [-0.25, -0.2) is 4.79 Å². The van der Waals surface area contributed by atoms with Crippen molar-refractivity contribution in [3.8, 4) is 11.5 Å². The van der Waals surface area contributed by atoms with Gasteiger partial charge in [0, 0.05) is 21.5 Å². The highest BCUT2D eigenvalue weighted by Gasteiger charge is 2.11. The van der Waals surface area contributed by atoms with Crippen LogP contribution in [0.25, 0.3) is 0 Å². The van der Waals surface area contributed by atoms with Crippen LogP contribution >= 0.6 is 27.3 Å². The molecule has 0 aliphatic carbocycles. The lowest BCUT2D eigenvalue weighted by molar-refractivity contribution is 0.252. The maximum absolute atomic E-state index is 11.9. The van der Waals surface area contributed by atoms with Gasteiger partial charge in [0.15, 0.2) is 11.5 Å². The van der Waals surface area contributed by atoms with Crippen LogP contribution in [0.4, 0.5) is 10.5 Å². The minimum absolute atomic E-state index is 0.281. The third-order valence-electron chi connectivity index (χ3n) is 2.72. The zero-order valence-corrected chi connectivity index (χ0v) is 14.0. The Labute approximate surface area is 135 Å². The number of methoxy groups -OCH3 is 2. The number of rotatable bonds is 5. The van der Waals surface area contributed by atoms with E-state index in [-0.39, 0.29) is 6.03 Å².